The first kappa shape index (κ1) is 7.11. The van der Waals surface area contributed by atoms with E-state index < -0.39 is 0 Å². The fourth-order valence-corrected chi connectivity index (χ4v) is 1.20. The molecule has 1 aliphatic carbocycles. The molecular weight excluding hydrogens is 120 g/mol. The van der Waals surface area contributed by atoms with Gasteiger partial charge >= 0.3 is 0 Å². The number of rotatable bonds is 2. The maximum Gasteiger partial charge on any atom is -0.00830 e. The molecule has 0 unspecified atom stereocenters. The SMILES string of the molecule is C=C=CC1CC(=CC=C)C1. The average Bonchev–Trinajstić information content (AvgIpc) is 1.84. The van der Waals surface area contributed by atoms with E-state index in [9.17, 15) is 0 Å². The van der Waals surface area contributed by atoms with Gasteiger partial charge in [-0.3, -0.25) is 0 Å². The van der Waals surface area contributed by atoms with Crippen molar-refractivity contribution in [3.63, 3.8) is 0 Å². The Hall–Kier alpha value is -1.00. The summed E-state index contributed by atoms with van der Waals surface area (Å²) in [7, 11) is 0. The topological polar surface area (TPSA) is 0 Å². The zero-order valence-electron chi connectivity index (χ0n) is 6.14. The molecule has 0 aromatic carbocycles. The maximum absolute atomic E-state index is 3.64. The number of hydrogen-bond donors (Lipinski definition) is 0. The van der Waals surface area contributed by atoms with Crippen molar-refractivity contribution in [2.24, 2.45) is 5.92 Å². The minimum Gasteiger partial charge on any atom is -0.133 e. The van der Waals surface area contributed by atoms with E-state index in [1.807, 2.05) is 12.2 Å². The summed E-state index contributed by atoms with van der Waals surface area (Å²) in [6, 6.07) is 0. The van der Waals surface area contributed by atoms with Crippen molar-refractivity contribution in [2.75, 3.05) is 0 Å². The fourth-order valence-electron chi connectivity index (χ4n) is 1.20. The molecule has 0 nitrogen and oxygen atoms in total. The van der Waals surface area contributed by atoms with Crippen LogP contribution >= 0.6 is 0 Å². The van der Waals surface area contributed by atoms with E-state index in [2.05, 4.69) is 25.0 Å². The molecule has 0 aliphatic heterocycles. The smallest absolute Gasteiger partial charge is 0.00830 e. The summed E-state index contributed by atoms with van der Waals surface area (Å²) in [6.07, 6.45) is 8.33. The minimum atomic E-state index is 0.698. The third-order valence-corrected chi connectivity index (χ3v) is 1.76. The van der Waals surface area contributed by atoms with Gasteiger partial charge in [0, 0.05) is 0 Å². The Morgan fingerprint density at radius 1 is 1.50 bits per heavy atom. The predicted molar refractivity (Wildman–Crippen MR) is 44.7 cm³/mol. The van der Waals surface area contributed by atoms with Crippen LogP contribution < -0.4 is 0 Å². The molecule has 1 rings (SSSR count). The number of hydrogen-bond acceptors (Lipinski definition) is 0. The van der Waals surface area contributed by atoms with Crippen LogP contribution in [0.2, 0.25) is 0 Å². The Morgan fingerprint density at radius 3 is 2.70 bits per heavy atom. The minimum absolute atomic E-state index is 0.698. The van der Waals surface area contributed by atoms with Crippen molar-refractivity contribution in [2.45, 2.75) is 12.8 Å². The predicted octanol–water partition coefficient (Wildman–Crippen LogP) is 2.85. The molecule has 10 heavy (non-hydrogen) atoms. The molecule has 0 N–H and O–H groups in total. The van der Waals surface area contributed by atoms with Crippen LogP contribution in [0.3, 0.4) is 0 Å². The molecular formula is C10H12. The van der Waals surface area contributed by atoms with Gasteiger partial charge in [-0.15, -0.1) is 5.73 Å². The Labute approximate surface area is 62.3 Å². The Morgan fingerprint density at radius 2 is 2.20 bits per heavy atom. The lowest BCUT2D eigenvalue weighted by atomic mass is 9.80. The molecule has 0 spiro atoms. The van der Waals surface area contributed by atoms with E-state index in [0.29, 0.717) is 5.92 Å². The highest BCUT2D eigenvalue weighted by atomic mass is 14.2. The number of allylic oxidation sites excluding steroid dienone is 4. The lowest BCUT2D eigenvalue weighted by molar-refractivity contribution is 0.515. The molecule has 1 fully saturated rings. The first-order valence-electron chi connectivity index (χ1n) is 3.53. The molecule has 0 aromatic heterocycles. The lowest BCUT2D eigenvalue weighted by Gasteiger charge is -2.25. The molecule has 1 saturated carbocycles. The molecule has 52 valence electrons. The van der Waals surface area contributed by atoms with Gasteiger partial charge in [0.1, 0.15) is 0 Å². The largest absolute Gasteiger partial charge is 0.133 e. The van der Waals surface area contributed by atoms with Crippen molar-refractivity contribution in [1.29, 1.82) is 0 Å². The van der Waals surface area contributed by atoms with Gasteiger partial charge in [0.25, 0.3) is 0 Å². The monoisotopic (exact) mass is 132 g/mol. The zero-order chi connectivity index (χ0) is 7.40. The summed E-state index contributed by atoms with van der Waals surface area (Å²) in [5.41, 5.74) is 4.30. The van der Waals surface area contributed by atoms with Crippen molar-refractivity contribution >= 4 is 0 Å². The van der Waals surface area contributed by atoms with Crippen LogP contribution in [0.4, 0.5) is 0 Å². The van der Waals surface area contributed by atoms with Gasteiger partial charge in [-0.25, -0.2) is 0 Å². The van der Waals surface area contributed by atoms with Crippen molar-refractivity contribution < 1.29 is 0 Å². The van der Waals surface area contributed by atoms with Crippen LogP contribution in [-0.2, 0) is 0 Å². The van der Waals surface area contributed by atoms with Crippen molar-refractivity contribution in [3.8, 4) is 0 Å². The van der Waals surface area contributed by atoms with E-state index in [-0.39, 0.29) is 0 Å². The van der Waals surface area contributed by atoms with Gasteiger partial charge in [-0.05, 0) is 24.8 Å². The highest BCUT2D eigenvalue weighted by Gasteiger charge is 2.18. The second kappa shape index (κ2) is 3.24. The van der Waals surface area contributed by atoms with E-state index in [1.54, 1.807) is 0 Å². The molecule has 0 heterocycles. The van der Waals surface area contributed by atoms with Gasteiger partial charge in [0.2, 0.25) is 0 Å². The van der Waals surface area contributed by atoms with E-state index in [1.165, 1.54) is 18.4 Å². The molecule has 0 amide bonds. The fraction of sp³-hybridized carbons (Fsp3) is 0.300. The molecule has 0 atom stereocenters. The highest BCUT2D eigenvalue weighted by molar-refractivity contribution is 5.21. The van der Waals surface area contributed by atoms with Gasteiger partial charge < -0.3 is 0 Å². The lowest BCUT2D eigenvalue weighted by Crippen LogP contribution is -2.11. The third kappa shape index (κ3) is 1.49. The van der Waals surface area contributed by atoms with Gasteiger partial charge in [0.15, 0.2) is 0 Å². The summed E-state index contributed by atoms with van der Waals surface area (Å²) >= 11 is 0. The van der Waals surface area contributed by atoms with Crippen molar-refractivity contribution in [3.05, 3.63) is 42.7 Å². The normalized spacial score (nSPS) is 22.4. The summed E-state index contributed by atoms with van der Waals surface area (Å²) in [5.74, 6) is 0.698. The van der Waals surface area contributed by atoms with Crippen LogP contribution in [-0.4, -0.2) is 0 Å². The summed E-state index contributed by atoms with van der Waals surface area (Å²) in [5, 5.41) is 0. The maximum atomic E-state index is 3.64. The third-order valence-electron chi connectivity index (χ3n) is 1.76. The van der Waals surface area contributed by atoms with Gasteiger partial charge in [-0.2, -0.15) is 0 Å². The van der Waals surface area contributed by atoms with Crippen LogP contribution in [0.25, 0.3) is 0 Å². The first-order valence-corrected chi connectivity index (χ1v) is 3.53. The Balaban J connectivity index is 2.36. The van der Waals surface area contributed by atoms with E-state index >= 15 is 0 Å². The second-order valence-corrected chi connectivity index (χ2v) is 2.60. The summed E-state index contributed by atoms with van der Waals surface area (Å²) in [4.78, 5) is 0. The average molecular weight is 132 g/mol. The Bertz CT molecular complexity index is 194. The standard InChI is InChI=1S/C10H12/c1-3-5-9-7-10(8-9)6-4-2/h3,5-6,10H,1-2,7-8H2. The van der Waals surface area contributed by atoms with E-state index in [0.717, 1.165) is 0 Å². The van der Waals surface area contributed by atoms with Crippen LogP contribution in [0.1, 0.15) is 12.8 Å². The highest BCUT2D eigenvalue weighted by Crippen LogP contribution is 2.33. The van der Waals surface area contributed by atoms with Gasteiger partial charge in [0.05, 0.1) is 0 Å². The Kier molecular flexibility index (Phi) is 2.30. The molecule has 1 aliphatic rings. The van der Waals surface area contributed by atoms with Crippen LogP contribution in [0.15, 0.2) is 42.7 Å². The van der Waals surface area contributed by atoms with Crippen LogP contribution in [0, 0.1) is 5.92 Å². The molecule has 0 heteroatoms. The quantitative estimate of drug-likeness (QED) is 0.507. The summed E-state index contributed by atoms with van der Waals surface area (Å²) < 4.78 is 0. The molecule has 0 radical (unpaired) electrons. The van der Waals surface area contributed by atoms with Crippen LogP contribution in [0.5, 0.6) is 0 Å². The van der Waals surface area contributed by atoms with Gasteiger partial charge in [-0.1, -0.05) is 30.9 Å². The molecule has 0 saturated heterocycles. The zero-order valence-corrected chi connectivity index (χ0v) is 6.14. The van der Waals surface area contributed by atoms with Crippen molar-refractivity contribution in [1.82, 2.24) is 0 Å². The van der Waals surface area contributed by atoms with E-state index in [4.69, 9.17) is 0 Å². The summed E-state index contributed by atoms with van der Waals surface area (Å²) in [6.45, 7) is 7.17. The molecule has 0 aromatic rings. The first-order chi connectivity index (χ1) is 4.86. The molecule has 0 bridgehead atoms. The second-order valence-electron chi connectivity index (χ2n) is 2.60.